The minimum absolute atomic E-state index is 0.0184. The van der Waals surface area contributed by atoms with Gasteiger partial charge in [-0.2, -0.15) is 0 Å². The number of hydrogen-bond donors (Lipinski definition) is 3. The summed E-state index contributed by atoms with van der Waals surface area (Å²) in [6.45, 7) is 4.85. The largest absolute Gasteiger partial charge is 0.458 e. The Labute approximate surface area is 224 Å². The number of ketones is 2. The van der Waals surface area contributed by atoms with Crippen molar-refractivity contribution in [2.45, 2.75) is 99.7 Å². The van der Waals surface area contributed by atoms with Crippen LogP contribution in [0.2, 0.25) is 0 Å². The average Bonchev–Trinajstić information content (AvgIpc) is 3.24. The van der Waals surface area contributed by atoms with E-state index in [1.165, 1.54) is 26.2 Å². The molecule has 39 heavy (non-hydrogen) atoms. The van der Waals surface area contributed by atoms with E-state index in [1.807, 2.05) is 0 Å². The Balaban J connectivity index is 1.51. The Morgan fingerprint density at radius 2 is 1.79 bits per heavy atom. The minimum Gasteiger partial charge on any atom is -0.458 e. The summed E-state index contributed by atoms with van der Waals surface area (Å²) in [5.41, 5.74) is -10.5. The number of carbonyl (C=O) groups excluding carboxylic acids is 4. The van der Waals surface area contributed by atoms with Gasteiger partial charge in [0.1, 0.15) is 11.7 Å². The average molecular weight is 547 g/mol. The number of hydrogen-bond acceptors (Lipinski definition) is 11. The van der Waals surface area contributed by atoms with Gasteiger partial charge in [0.2, 0.25) is 5.79 Å². The molecule has 2 saturated carbocycles. The number of fused-ring (bicyclic) bond motifs is 9. The third kappa shape index (κ3) is 2.36. The van der Waals surface area contributed by atoms with Gasteiger partial charge in [0, 0.05) is 13.0 Å². The van der Waals surface area contributed by atoms with Crippen molar-refractivity contribution in [3.63, 3.8) is 0 Å². The molecule has 0 amide bonds. The van der Waals surface area contributed by atoms with Gasteiger partial charge in [-0.1, -0.05) is 13.0 Å². The van der Waals surface area contributed by atoms with Crippen molar-refractivity contribution in [2.24, 2.45) is 28.6 Å². The molecule has 3 N–H and O–H groups in total. The van der Waals surface area contributed by atoms with E-state index in [4.69, 9.17) is 18.9 Å². The number of Topliss-reactive ketones (excluding diaryl/α,β-unsaturated/α-hetero) is 1. The molecule has 4 heterocycles. The van der Waals surface area contributed by atoms with Gasteiger partial charge in [-0.05, 0) is 63.4 Å². The molecule has 4 saturated heterocycles. The molecule has 0 aromatic heterocycles. The fourth-order valence-electron chi connectivity index (χ4n) is 10.1. The molecule has 12 atom stereocenters. The van der Waals surface area contributed by atoms with Crippen molar-refractivity contribution >= 4 is 23.5 Å². The molecule has 1 spiro atoms. The van der Waals surface area contributed by atoms with E-state index in [0.717, 1.165) is 0 Å². The highest BCUT2D eigenvalue weighted by atomic mass is 16.7. The molecular formula is C28H34O11. The summed E-state index contributed by atoms with van der Waals surface area (Å²) in [5.74, 6) is -7.57. The van der Waals surface area contributed by atoms with Crippen LogP contribution in [0.4, 0.5) is 0 Å². The lowest BCUT2D eigenvalue weighted by molar-refractivity contribution is -0.359. The normalized spacial score (nSPS) is 59.0. The van der Waals surface area contributed by atoms with Gasteiger partial charge in [-0.25, -0.2) is 4.79 Å². The summed E-state index contributed by atoms with van der Waals surface area (Å²) in [6, 6.07) is 0. The zero-order valence-electron chi connectivity index (χ0n) is 22.4. The zero-order valence-corrected chi connectivity index (χ0v) is 22.4. The highest BCUT2D eigenvalue weighted by molar-refractivity contribution is 6.00. The Bertz CT molecular complexity index is 1280. The summed E-state index contributed by atoms with van der Waals surface area (Å²) in [5, 5.41) is 35.5. The van der Waals surface area contributed by atoms with Crippen molar-refractivity contribution in [2.75, 3.05) is 7.11 Å². The van der Waals surface area contributed by atoms with Crippen molar-refractivity contribution in [3.05, 3.63) is 12.2 Å². The summed E-state index contributed by atoms with van der Waals surface area (Å²) in [4.78, 5) is 54.9. The molecule has 4 bridgehead atoms. The first-order chi connectivity index (χ1) is 18.1. The molecule has 0 radical (unpaired) electrons. The molecule has 0 aromatic rings. The molecule has 4 aliphatic heterocycles. The van der Waals surface area contributed by atoms with Gasteiger partial charge in [0.05, 0.1) is 23.9 Å². The number of aliphatic hydroxyl groups excluding tert-OH is 1. The number of esters is 2. The lowest BCUT2D eigenvalue weighted by Gasteiger charge is -2.62. The lowest BCUT2D eigenvalue weighted by atomic mass is 9.47. The number of aliphatic hydroxyl groups is 3. The topological polar surface area (TPSA) is 166 Å². The highest BCUT2D eigenvalue weighted by Gasteiger charge is 2.92. The molecular weight excluding hydrogens is 512 g/mol. The number of allylic oxidation sites excluding steroid dienone is 1. The Morgan fingerprint density at radius 1 is 1.08 bits per heavy atom. The second kappa shape index (κ2) is 6.99. The van der Waals surface area contributed by atoms with Crippen molar-refractivity contribution in [3.8, 4) is 0 Å². The number of rotatable bonds is 1. The minimum atomic E-state index is -2.34. The van der Waals surface area contributed by atoms with Crippen LogP contribution in [0, 0.1) is 28.6 Å². The van der Waals surface area contributed by atoms with Crippen molar-refractivity contribution in [1.29, 1.82) is 0 Å². The Hall–Kier alpha value is -2.18. The Kier molecular flexibility index (Phi) is 4.62. The van der Waals surface area contributed by atoms with Crippen LogP contribution in [-0.4, -0.2) is 86.3 Å². The van der Waals surface area contributed by atoms with Crippen molar-refractivity contribution < 1.29 is 53.4 Å². The van der Waals surface area contributed by atoms with E-state index in [2.05, 4.69) is 0 Å². The lowest BCUT2D eigenvalue weighted by Crippen LogP contribution is -2.77. The predicted octanol–water partition coefficient (Wildman–Crippen LogP) is 0.113. The summed E-state index contributed by atoms with van der Waals surface area (Å²) < 4.78 is 24.3. The molecule has 11 nitrogen and oxygen atoms in total. The smallest absolute Gasteiger partial charge is 0.342 e. The molecule has 6 fully saturated rings. The fraction of sp³-hybridized carbons (Fsp3) is 0.786. The van der Waals surface area contributed by atoms with Crippen LogP contribution in [0.3, 0.4) is 0 Å². The molecule has 7 aliphatic rings. The van der Waals surface area contributed by atoms with Gasteiger partial charge in [0.15, 0.2) is 28.4 Å². The number of ether oxygens (including phenoxy) is 4. The fourth-order valence-corrected chi connectivity index (χ4v) is 10.1. The van der Waals surface area contributed by atoms with E-state index in [9.17, 15) is 34.5 Å². The summed E-state index contributed by atoms with van der Waals surface area (Å²) in [7, 11) is 1.28. The third-order valence-electron chi connectivity index (χ3n) is 12.1. The second-order valence-electron chi connectivity index (χ2n) is 13.5. The van der Waals surface area contributed by atoms with Crippen LogP contribution in [0.5, 0.6) is 0 Å². The maximum Gasteiger partial charge on any atom is 0.342 e. The van der Waals surface area contributed by atoms with E-state index in [1.54, 1.807) is 13.8 Å². The third-order valence-corrected chi connectivity index (χ3v) is 12.1. The summed E-state index contributed by atoms with van der Waals surface area (Å²) >= 11 is 0. The van der Waals surface area contributed by atoms with E-state index < -0.39 is 92.5 Å². The van der Waals surface area contributed by atoms with Crippen LogP contribution in [0.15, 0.2) is 12.2 Å². The van der Waals surface area contributed by atoms with E-state index in [0.29, 0.717) is 0 Å². The Morgan fingerprint density at radius 3 is 2.49 bits per heavy atom. The quantitative estimate of drug-likeness (QED) is 0.382. The first kappa shape index (κ1) is 25.8. The van der Waals surface area contributed by atoms with E-state index >= 15 is 0 Å². The van der Waals surface area contributed by atoms with Crippen molar-refractivity contribution in [1.82, 2.24) is 0 Å². The molecule has 0 aromatic carbocycles. The van der Waals surface area contributed by atoms with Gasteiger partial charge in [-0.3, -0.25) is 14.4 Å². The maximum absolute atomic E-state index is 14.9. The van der Waals surface area contributed by atoms with Crippen LogP contribution in [-0.2, 0) is 38.1 Å². The number of carbonyl (C=O) groups is 4. The van der Waals surface area contributed by atoms with Gasteiger partial charge >= 0.3 is 11.9 Å². The monoisotopic (exact) mass is 546 g/mol. The molecule has 3 aliphatic carbocycles. The van der Waals surface area contributed by atoms with Gasteiger partial charge < -0.3 is 34.3 Å². The molecule has 5 unspecified atom stereocenters. The van der Waals surface area contributed by atoms with Gasteiger partial charge in [-0.15, -0.1) is 0 Å². The van der Waals surface area contributed by atoms with Gasteiger partial charge in [0.25, 0.3) is 0 Å². The molecule has 212 valence electrons. The number of methoxy groups -OCH3 is 1. The second-order valence-corrected chi connectivity index (χ2v) is 13.5. The SMILES string of the molecule is CO[C@]12O[C@@]34C(C1=O)[C@@]1(C)CC(=O)O[C@H](C1)[C@]3(C)OC(=O)C4(O)CCC1C2CC(O)[C@@]2(O)CC=CC(=O)[C@]12C. The van der Waals surface area contributed by atoms with E-state index in [-0.39, 0.29) is 38.5 Å². The predicted molar refractivity (Wildman–Crippen MR) is 127 cm³/mol. The zero-order chi connectivity index (χ0) is 28.2. The first-order valence-electron chi connectivity index (χ1n) is 13.7. The molecule has 7 rings (SSSR count). The first-order valence-corrected chi connectivity index (χ1v) is 13.7. The highest BCUT2D eigenvalue weighted by Crippen LogP contribution is 2.73. The standard InChI is InChI=1S/C28H34O11/c1-22-11-17(37-18(31)12-22)24(3)28-19(22)20(32)27(36-4,39-28)14-10-16(30)25(34)8-5-6-15(29)23(25,2)13(14)7-9-26(28,35)21(33)38-24/h5-6,13-14,16-17,19,30,34-35H,7-12H2,1-4H3/t13?,14?,16?,17-,19?,22-,23+,24+,25+,26?,27-,28+/m1/s1. The van der Waals surface area contributed by atoms with Crippen LogP contribution < -0.4 is 0 Å². The van der Waals surface area contributed by atoms with Crippen LogP contribution in [0.25, 0.3) is 0 Å². The van der Waals surface area contributed by atoms with Crippen LogP contribution >= 0.6 is 0 Å². The molecule has 11 heteroatoms. The maximum atomic E-state index is 14.9. The summed E-state index contributed by atoms with van der Waals surface area (Å²) in [6.07, 6.45) is 0.282. The van der Waals surface area contributed by atoms with Crippen LogP contribution in [0.1, 0.15) is 59.3 Å².